The third kappa shape index (κ3) is 3.57. The summed E-state index contributed by atoms with van der Waals surface area (Å²) >= 11 is 5.90. The standard InChI is InChI=1S/C15H12ClFN4O2/c16-11-5-6-13-14(7-11)21(20-19-13)23-9-15(22)18-8-10-3-1-2-4-12(10)17/h1-7H,8-9H2,(H,18,22). The van der Waals surface area contributed by atoms with Crippen molar-refractivity contribution in [2.45, 2.75) is 6.54 Å². The fourth-order valence-electron chi connectivity index (χ4n) is 1.97. The number of rotatable bonds is 5. The molecule has 1 amide bonds. The van der Waals surface area contributed by atoms with Crippen LogP contribution in [-0.4, -0.2) is 27.7 Å². The molecule has 8 heteroatoms. The Morgan fingerprint density at radius 1 is 1.30 bits per heavy atom. The molecule has 0 unspecified atom stereocenters. The molecule has 0 atom stereocenters. The van der Waals surface area contributed by atoms with E-state index in [-0.39, 0.29) is 19.0 Å². The van der Waals surface area contributed by atoms with E-state index in [4.69, 9.17) is 16.4 Å². The largest absolute Gasteiger partial charge is 0.385 e. The summed E-state index contributed by atoms with van der Waals surface area (Å²) in [6.45, 7) is -0.196. The zero-order valence-corrected chi connectivity index (χ0v) is 12.6. The number of hydrogen-bond donors (Lipinski definition) is 1. The second-order valence-corrected chi connectivity index (χ2v) is 5.17. The van der Waals surface area contributed by atoms with Crippen LogP contribution in [-0.2, 0) is 11.3 Å². The van der Waals surface area contributed by atoms with Crippen molar-refractivity contribution in [3.05, 3.63) is 58.9 Å². The monoisotopic (exact) mass is 334 g/mol. The summed E-state index contributed by atoms with van der Waals surface area (Å²) in [6, 6.07) is 11.2. The van der Waals surface area contributed by atoms with Crippen LogP contribution in [0, 0.1) is 5.82 Å². The van der Waals surface area contributed by atoms with Gasteiger partial charge in [0.15, 0.2) is 6.61 Å². The molecule has 0 aliphatic heterocycles. The molecule has 0 saturated heterocycles. The van der Waals surface area contributed by atoms with Crippen molar-refractivity contribution in [3.8, 4) is 0 Å². The van der Waals surface area contributed by atoms with Crippen molar-refractivity contribution in [2.75, 3.05) is 6.61 Å². The summed E-state index contributed by atoms with van der Waals surface area (Å²) in [5.74, 6) is -0.774. The predicted molar refractivity (Wildman–Crippen MR) is 82.2 cm³/mol. The van der Waals surface area contributed by atoms with Crippen LogP contribution in [0.1, 0.15) is 5.56 Å². The molecule has 0 bridgehead atoms. The molecular weight excluding hydrogens is 323 g/mol. The quantitative estimate of drug-likeness (QED) is 0.774. The number of nitrogens with one attached hydrogen (secondary N) is 1. The van der Waals surface area contributed by atoms with Crippen LogP contribution in [0.2, 0.25) is 5.02 Å². The van der Waals surface area contributed by atoms with Crippen molar-refractivity contribution in [1.29, 1.82) is 0 Å². The lowest BCUT2D eigenvalue weighted by Crippen LogP contribution is -2.32. The summed E-state index contributed by atoms with van der Waals surface area (Å²) in [5, 5.41) is 10.8. The molecule has 0 saturated carbocycles. The number of carbonyl (C=O) groups is 1. The molecule has 23 heavy (non-hydrogen) atoms. The molecule has 118 valence electrons. The first-order valence-electron chi connectivity index (χ1n) is 6.78. The fourth-order valence-corrected chi connectivity index (χ4v) is 2.14. The van der Waals surface area contributed by atoms with Gasteiger partial charge in [0, 0.05) is 17.1 Å². The number of carbonyl (C=O) groups excluding carboxylic acids is 1. The van der Waals surface area contributed by atoms with E-state index in [0.29, 0.717) is 21.6 Å². The predicted octanol–water partition coefficient (Wildman–Crippen LogP) is 1.97. The van der Waals surface area contributed by atoms with Gasteiger partial charge in [0.25, 0.3) is 5.91 Å². The number of hydrogen-bond acceptors (Lipinski definition) is 4. The first kappa shape index (κ1) is 15.2. The lowest BCUT2D eigenvalue weighted by Gasteiger charge is -2.07. The van der Waals surface area contributed by atoms with E-state index in [2.05, 4.69) is 15.6 Å². The Morgan fingerprint density at radius 3 is 2.96 bits per heavy atom. The van der Waals surface area contributed by atoms with Crippen molar-refractivity contribution in [2.24, 2.45) is 0 Å². The Hall–Kier alpha value is -2.67. The Bertz CT molecular complexity index is 852. The molecule has 3 aromatic rings. The van der Waals surface area contributed by atoms with Crippen LogP contribution >= 0.6 is 11.6 Å². The number of amides is 1. The van der Waals surface area contributed by atoms with Gasteiger partial charge in [0.05, 0.1) is 0 Å². The van der Waals surface area contributed by atoms with Gasteiger partial charge in [-0.3, -0.25) is 4.79 Å². The van der Waals surface area contributed by atoms with Crippen molar-refractivity contribution >= 4 is 28.5 Å². The van der Waals surface area contributed by atoms with Crippen LogP contribution in [0.3, 0.4) is 0 Å². The van der Waals surface area contributed by atoms with Gasteiger partial charge in [0.2, 0.25) is 0 Å². The third-order valence-corrected chi connectivity index (χ3v) is 3.36. The summed E-state index contributed by atoms with van der Waals surface area (Å²) < 4.78 is 13.4. The summed E-state index contributed by atoms with van der Waals surface area (Å²) in [6.07, 6.45) is 0. The second kappa shape index (κ2) is 6.62. The maximum absolute atomic E-state index is 13.4. The van der Waals surface area contributed by atoms with Crippen molar-refractivity contribution < 1.29 is 14.0 Å². The SMILES string of the molecule is O=C(COn1nnc2ccc(Cl)cc21)NCc1ccccc1F. The smallest absolute Gasteiger partial charge is 0.261 e. The Kier molecular flexibility index (Phi) is 4.38. The first-order chi connectivity index (χ1) is 11.1. The minimum absolute atomic E-state index is 0.0821. The highest BCUT2D eigenvalue weighted by Gasteiger charge is 2.09. The lowest BCUT2D eigenvalue weighted by atomic mass is 10.2. The zero-order valence-electron chi connectivity index (χ0n) is 11.9. The molecule has 0 aliphatic rings. The first-order valence-corrected chi connectivity index (χ1v) is 7.15. The second-order valence-electron chi connectivity index (χ2n) is 4.74. The fraction of sp³-hybridized carbons (Fsp3) is 0.133. The minimum atomic E-state index is -0.404. The van der Waals surface area contributed by atoms with E-state index >= 15 is 0 Å². The molecule has 1 heterocycles. The number of nitrogens with zero attached hydrogens (tertiary/aromatic N) is 3. The van der Waals surface area contributed by atoms with E-state index in [1.165, 1.54) is 6.07 Å². The molecule has 1 N–H and O–H groups in total. The molecule has 1 aromatic heterocycles. The highest BCUT2D eigenvalue weighted by atomic mass is 35.5. The molecule has 3 rings (SSSR count). The molecule has 0 fully saturated rings. The maximum Gasteiger partial charge on any atom is 0.261 e. The Morgan fingerprint density at radius 2 is 2.13 bits per heavy atom. The number of halogens is 2. The van der Waals surface area contributed by atoms with Crippen LogP contribution in [0.4, 0.5) is 4.39 Å². The van der Waals surface area contributed by atoms with Crippen LogP contribution in [0.15, 0.2) is 42.5 Å². The summed E-state index contributed by atoms with van der Waals surface area (Å²) in [7, 11) is 0. The van der Waals surface area contributed by atoms with E-state index in [1.54, 1.807) is 36.4 Å². The topological polar surface area (TPSA) is 69.0 Å². The molecule has 6 nitrogen and oxygen atoms in total. The summed E-state index contributed by atoms with van der Waals surface area (Å²) in [4.78, 5) is 18.2. The van der Waals surface area contributed by atoms with E-state index in [9.17, 15) is 9.18 Å². The average Bonchev–Trinajstić information content (AvgIpc) is 2.94. The third-order valence-electron chi connectivity index (χ3n) is 3.13. The number of aromatic nitrogens is 3. The average molecular weight is 335 g/mol. The molecular formula is C15H12ClFN4O2. The highest BCUT2D eigenvalue weighted by Crippen LogP contribution is 2.16. The van der Waals surface area contributed by atoms with Gasteiger partial charge in [-0.25, -0.2) is 4.39 Å². The van der Waals surface area contributed by atoms with Crippen LogP contribution < -0.4 is 10.2 Å². The van der Waals surface area contributed by atoms with E-state index in [0.717, 1.165) is 4.85 Å². The minimum Gasteiger partial charge on any atom is -0.385 e. The van der Waals surface area contributed by atoms with Gasteiger partial charge in [-0.05, 0) is 29.5 Å². The van der Waals surface area contributed by atoms with Gasteiger partial charge in [-0.15, -0.1) is 5.10 Å². The number of fused-ring (bicyclic) bond motifs is 1. The molecule has 0 radical (unpaired) electrons. The van der Waals surface area contributed by atoms with E-state index in [1.807, 2.05) is 0 Å². The normalized spacial score (nSPS) is 10.7. The van der Waals surface area contributed by atoms with Crippen molar-refractivity contribution in [3.63, 3.8) is 0 Å². The Labute approximate surface area is 135 Å². The van der Waals surface area contributed by atoms with Gasteiger partial charge >= 0.3 is 0 Å². The van der Waals surface area contributed by atoms with Crippen LogP contribution in [0.25, 0.3) is 11.0 Å². The van der Waals surface area contributed by atoms with E-state index < -0.39 is 5.91 Å². The maximum atomic E-state index is 13.4. The Balaban J connectivity index is 1.58. The molecule has 2 aromatic carbocycles. The lowest BCUT2D eigenvalue weighted by molar-refractivity contribution is -0.126. The van der Waals surface area contributed by atoms with Gasteiger partial charge in [0.1, 0.15) is 16.9 Å². The van der Waals surface area contributed by atoms with Crippen LogP contribution in [0.5, 0.6) is 0 Å². The van der Waals surface area contributed by atoms with Gasteiger partial charge in [-0.2, -0.15) is 0 Å². The summed E-state index contributed by atoms with van der Waals surface area (Å²) in [5.41, 5.74) is 1.56. The van der Waals surface area contributed by atoms with Gasteiger partial charge < -0.3 is 10.2 Å². The zero-order chi connectivity index (χ0) is 16.2. The molecule has 0 spiro atoms. The highest BCUT2D eigenvalue weighted by molar-refractivity contribution is 6.31. The number of benzene rings is 2. The van der Waals surface area contributed by atoms with Gasteiger partial charge in [-0.1, -0.05) is 34.6 Å². The van der Waals surface area contributed by atoms with Crippen molar-refractivity contribution in [1.82, 2.24) is 20.5 Å². The molecule has 0 aliphatic carbocycles.